The normalized spacial score (nSPS) is 15.8. The first-order chi connectivity index (χ1) is 16.8. The van der Waals surface area contributed by atoms with Gasteiger partial charge < -0.3 is 15.0 Å². The lowest BCUT2D eigenvalue weighted by Crippen LogP contribution is -2.49. The molecule has 0 aliphatic carbocycles. The average Bonchev–Trinajstić information content (AvgIpc) is 3.17. The number of ether oxygens (including phenoxy) is 1. The summed E-state index contributed by atoms with van der Waals surface area (Å²) in [5.41, 5.74) is 2.31. The zero-order valence-electron chi connectivity index (χ0n) is 20.5. The number of carbonyl (C=O) groups is 2. The van der Waals surface area contributed by atoms with E-state index in [-0.39, 0.29) is 24.1 Å². The van der Waals surface area contributed by atoms with Gasteiger partial charge in [0.25, 0.3) is 5.56 Å². The molecular weight excluding hydrogens is 466 g/mol. The van der Waals surface area contributed by atoms with Gasteiger partial charge in [-0.2, -0.15) is 0 Å². The number of rotatable bonds is 7. The van der Waals surface area contributed by atoms with Crippen LogP contribution in [0.5, 0.6) is 0 Å². The first kappa shape index (κ1) is 25.0. The second-order valence-corrected chi connectivity index (χ2v) is 9.81. The van der Waals surface area contributed by atoms with Crippen LogP contribution in [0.2, 0.25) is 0 Å². The van der Waals surface area contributed by atoms with E-state index in [1.165, 1.54) is 11.3 Å². The topological polar surface area (TPSA) is 108 Å². The van der Waals surface area contributed by atoms with E-state index in [1.54, 1.807) is 13.8 Å². The number of aromatic nitrogens is 2. The number of anilines is 1. The summed E-state index contributed by atoms with van der Waals surface area (Å²) in [5, 5.41) is 3.39. The molecule has 1 aliphatic heterocycles. The van der Waals surface area contributed by atoms with Gasteiger partial charge in [-0.25, -0.2) is 9.78 Å². The van der Waals surface area contributed by atoms with E-state index in [2.05, 4.69) is 20.1 Å². The van der Waals surface area contributed by atoms with Gasteiger partial charge in [0.15, 0.2) is 0 Å². The Morgan fingerprint density at radius 3 is 2.51 bits per heavy atom. The van der Waals surface area contributed by atoms with E-state index < -0.39 is 5.97 Å². The van der Waals surface area contributed by atoms with Crippen LogP contribution in [0.4, 0.5) is 5.69 Å². The Morgan fingerprint density at radius 1 is 1.17 bits per heavy atom. The largest absolute Gasteiger partial charge is 0.462 e. The number of esters is 1. The van der Waals surface area contributed by atoms with Gasteiger partial charge in [-0.1, -0.05) is 17.7 Å². The summed E-state index contributed by atoms with van der Waals surface area (Å²) in [7, 11) is 0. The van der Waals surface area contributed by atoms with Gasteiger partial charge in [-0.15, -0.1) is 11.3 Å². The van der Waals surface area contributed by atoms with Crippen molar-refractivity contribution < 1.29 is 14.3 Å². The molecule has 1 aliphatic rings. The number of hydrogen-bond acceptors (Lipinski definition) is 8. The molecule has 10 heteroatoms. The fourth-order valence-electron chi connectivity index (χ4n) is 4.27. The summed E-state index contributed by atoms with van der Waals surface area (Å²) in [6.45, 7) is 11.1. The van der Waals surface area contributed by atoms with Crippen molar-refractivity contribution in [2.24, 2.45) is 0 Å². The highest BCUT2D eigenvalue weighted by atomic mass is 32.1. The van der Waals surface area contributed by atoms with Crippen molar-refractivity contribution >= 4 is 39.1 Å². The number of carbonyl (C=O) groups excluding carboxylic acids is 2. The molecule has 0 bridgehead atoms. The highest BCUT2D eigenvalue weighted by molar-refractivity contribution is 7.20. The number of hydrogen-bond donors (Lipinski definition) is 2. The predicted molar refractivity (Wildman–Crippen MR) is 137 cm³/mol. The van der Waals surface area contributed by atoms with E-state index >= 15 is 0 Å². The van der Waals surface area contributed by atoms with Gasteiger partial charge in [0.1, 0.15) is 15.5 Å². The molecule has 9 nitrogen and oxygen atoms in total. The van der Waals surface area contributed by atoms with Crippen molar-refractivity contribution in [2.75, 3.05) is 44.6 Å². The molecule has 3 heterocycles. The molecule has 1 amide bonds. The molecule has 0 radical (unpaired) electrons. The summed E-state index contributed by atoms with van der Waals surface area (Å²) in [6.07, 6.45) is 0. The summed E-state index contributed by atoms with van der Waals surface area (Å²) < 4.78 is 5.12. The van der Waals surface area contributed by atoms with Crippen LogP contribution in [-0.2, 0) is 9.53 Å². The van der Waals surface area contributed by atoms with Crippen LogP contribution in [0.1, 0.15) is 46.5 Å². The first-order valence-corrected chi connectivity index (χ1v) is 12.6. The molecule has 1 aromatic carbocycles. The van der Waals surface area contributed by atoms with Gasteiger partial charge in [0.2, 0.25) is 5.91 Å². The Bertz CT molecular complexity index is 1280. The van der Waals surface area contributed by atoms with E-state index in [0.717, 1.165) is 37.4 Å². The molecule has 35 heavy (non-hydrogen) atoms. The quantitative estimate of drug-likeness (QED) is 0.483. The predicted octanol–water partition coefficient (Wildman–Crippen LogP) is 3.10. The number of nitrogens with one attached hydrogen (secondary N) is 2. The van der Waals surface area contributed by atoms with E-state index in [1.807, 2.05) is 38.1 Å². The van der Waals surface area contributed by atoms with Crippen molar-refractivity contribution in [3.05, 3.63) is 56.4 Å². The number of fused-ring (bicyclic) bond motifs is 1. The molecule has 0 saturated carbocycles. The Labute approximate surface area is 208 Å². The second-order valence-electron chi connectivity index (χ2n) is 8.81. The van der Waals surface area contributed by atoms with Crippen molar-refractivity contribution in [2.45, 2.75) is 33.7 Å². The maximum absolute atomic E-state index is 12.8. The molecule has 1 saturated heterocycles. The van der Waals surface area contributed by atoms with Gasteiger partial charge >= 0.3 is 5.97 Å². The third kappa shape index (κ3) is 5.61. The number of aromatic amines is 1. The lowest BCUT2D eigenvalue weighted by atomic mass is 10.2. The molecular formula is C25H31N5O4S. The van der Waals surface area contributed by atoms with Crippen LogP contribution in [0.25, 0.3) is 10.2 Å². The minimum atomic E-state index is -0.426. The fraction of sp³-hybridized carbons (Fsp3) is 0.440. The van der Waals surface area contributed by atoms with Crippen molar-refractivity contribution in [3.8, 4) is 0 Å². The van der Waals surface area contributed by atoms with Crippen molar-refractivity contribution in [1.82, 2.24) is 19.8 Å². The first-order valence-electron chi connectivity index (χ1n) is 11.8. The van der Waals surface area contributed by atoms with Crippen LogP contribution in [-0.4, -0.2) is 71.0 Å². The third-order valence-corrected chi connectivity index (χ3v) is 7.50. The number of amides is 1. The number of nitrogens with zero attached hydrogens (tertiary/aromatic N) is 3. The van der Waals surface area contributed by atoms with Gasteiger partial charge in [-0.05, 0) is 45.4 Å². The van der Waals surface area contributed by atoms with E-state index in [9.17, 15) is 14.4 Å². The SMILES string of the molecule is CCOC(=O)c1sc2nc(C(C)N3CCN(CC(=O)Nc4ccc(C)cc4)CC3)[nH]c(=O)c2c1C. The van der Waals surface area contributed by atoms with Gasteiger partial charge in [0.05, 0.1) is 24.6 Å². The molecule has 1 fully saturated rings. The Kier molecular flexibility index (Phi) is 7.63. The van der Waals surface area contributed by atoms with Crippen LogP contribution in [0.15, 0.2) is 29.1 Å². The van der Waals surface area contributed by atoms with Crippen molar-refractivity contribution in [3.63, 3.8) is 0 Å². The molecule has 2 N–H and O–H groups in total. The minimum Gasteiger partial charge on any atom is -0.462 e. The van der Waals surface area contributed by atoms with E-state index in [0.29, 0.717) is 33.0 Å². The lowest BCUT2D eigenvalue weighted by molar-refractivity contribution is -0.117. The Hall–Kier alpha value is -3.08. The minimum absolute atomic E-state index is 0.0303. The van der Waals surface area contributed by atoms with Gasteiger partial charge in [-0.3, -0.25) is 19.4 Å². The number of piperazine rings is 1. The fourth-order valence-corrected chi connectivity index (χ4v) is 5.35. The standard InChI is InChI=1S/C25H31N5O4S/c1-5-34-25(33)21-16(3)20-23(32)27-22(28-24(20)35-21)17(4)30-12-10-29(11-13-30)14-19(31)26-18-8-6-15(2)7-9-18/h6-9,17H,5,10-14H2,1-4H3,(H,26,31)(H,27,28,32). The Balaban J connectivity index is 1.38. The third-order valence-electron chi connectivity index (χ3n) is 6.33. The summed E-state index contributed by atoms with van der Waals surface area (Å²) >= 11 is 1.20. The second kappa shape index (κ2) is 10.7. The van der Waals surface area contributed by atoms with Gasteiger partial charge in [0, 0.05) is 31.9 Å². The van der Waals surface area contributed by atoms with Crippen LogP contribution in [0, 0.1) is 13.8 Å². The molecule has 4 rings (SSSR count). The molecule has 3 aromatic rings. The Morgan fingerprint density at radius 2 is 1.86 bits per heavy atom. The molecule has 1 unspecified atom stereocenters. The molecule has 186 valence electrons. The van der Waals surface area contributed by atoms with E-state index in [4.69, 9.17) is 9.72 Å². The average molecular weight is 498 g/mol. The number of aryl methyl sites for hydroxylation is 2. The maximum atomic E-state index is 12.8. The maximum Gasteiger partial charge on any atom is 0.348 e. The zero-order chi connectivity index (χ0) is 25.1. The summed E-state index contributed by atoms with van der Waals surface area (Å²) in [4.78, 5) is 50.4. The number of H-pyrrole nitrogens is 1. The van der Waals surface area contributed by atoms with Crippen LogP contribution >= 0.6 is 11.3 Å². The molecule has 0 spiro atoms. The summed E-state index contributed by atoms with van der Waals surface area (Å²) in [6, 6.07) is 7.65. The smallest absolute Gasteiger partial charge is 0.348 e. The van der Waals surface area contributed by atoms with Crippen molar-refractivity contribution in [1.29, 1.82) is 0 Å². The monoisotopic (exact) mass is 497 g/mol. The zero-order valence-corrected chi connectivity index (χ0v) is 21.3. The van der Waals surface area contributed by atoms with Crippen LogP contribution < -0.4 is 10.9 Å². The number of benzene rings is 1. The molecule has 1 atom stereocenters. The summed E-state index contributed by atoms with van der Waals surface area (Å²) in [5.74, 6) is 0.117. The van der Waals surface area contributed by atoms with Crippen LogP contribution in [0.3, 0.4) is 0 Å². The highest BCUT2D eigenvalue weighted by Gasteiger charge is 2.26. The highest BCUT2D eigenvalue weighted by Crippen LogP contribution is 2.29. The molecule has 2 aromatic heterocycles. The lowest BCUT2D eigenvalue weighted by Gasteiger charge is -2.37. The number of thiophene rings is 1.